The van der Waals surface area contributed by atoms with Gasteiger partial charge in [-0.2, -0.15) is 0 Å². The number of ether oxygens (including phenoxy) is 3. The highest BCUT2D eigenvalue weighted by molar-refractivity contribution is 5.95. The van der Waals surface area contributed by atoms with Crippen molar-refractivity contribution in [3.05, 3.63) is 60.2 Å². The summed E-state index contributed by atoms with van der Waals surface area (Å²) in [5.74, 6) is 2.71. The molecule has 2 heterocycles. The van der Waals surface area contributed by atoms with E-state index in [9.17, 15) is 4.79 Å². The second kappa shape index (κ2) is 9.55. The van der Waals surface area contributed by atoms with Gasteiger partial charge in [0.15, 0.2) is 17.3 Å². The van der Waals surface area contributed by atoms with Crippen LogP contribution in [0.1, 0.15) is 10.4 Å². The van der Waals surface area contributed by atoms with Gasteiger partial charge in [-0.15, -0.1) is 10.2 Å². The molecule has 32 heavy (non-hydrogen) atoms. The minimum absolute atomic E-state index is 0.0231. The Morgan fingerprint density at radius 3 is 2.25 bits per heavy atom. The summed E-state index contributed by atoms with van der Waals surface area (Å²) in [5, 5.41) is 8.79. The molecule has 4 rings (SSSR count). The lowest BCUT2D eigenvalue weighted by atomic mass is 10.1. The Bertz CT molecular complexity index is 1080. The van der Waals surface area contributed by atoms with Gasteiger partial charge in [0.05, 0.1) is 27.0 Å². The highest BCUT2D eigenvalue weighted by atomic mass is 16.5. The number of carbonyl (C=O) groups is 1. The van der Waals surface area contributed by atoms with Crippen LogP contribution < -0.4 is 19.1 Å². The van der Waals surface area contributed by atoms with E-state index in [2.05, 4.69) is 15.1 Å². The zero-order valence-corrected chi connectivity index (χ0v) is 18.4. The van der Waals surface area contributed by atoms with Crippen molar-refractivity contribution < 1.29 is 19.0 Å². The van der Waals surface area contributed by atoms with Crippen molar-refractivity contribution in [2.75, 3.05) is 52.4 Å². The van der Waals surface area contributed by atoms with Crippen molar-refractivity contribution in [1.82, 2.24) is 15.1 Å². The van der Waals surface area contributed by atoms with Gasteiger partial charge in [-0.3, -0.25) is 4.79 Å². The van der Waals surface area contributed by atoms with E-state index in [1.165, 1.54) is 0 Å². The van der Waals surface area contributed by atoms with E-state index in [4.69, 9.17) is 14.2 Å². The van der Waals surface area contributed by atoms with Crippen LogP contribution in [0.15, 0.2) is 54.6 Å². The van der Waals surface area contributed by atoms with Crippen LogP contribution in [0.2, 0.25) is 0 Å². The quantitative estimate of drug-likeness (QED) is 0.590. The molecular weight excluding hydrogens is 408 g/mol. The maximum absolute atomic E-state index is 12.9. The summed E-state index contributed by atoms with van der Waals surface area (Å²) in [6, 6.07) is 16.9. The number of benzene rings is 2. The number of hydrogen-bond acceptors (Lipinski definition) is 7. The molecule has 0 unspecified atom stereocenters. The molecule has 1 saturated heterocycles. The van der Waals surface area contributed by atoms with Crippen LogP contribution in [0.25, 0.3) is 11.3 Å². The summed E-state index contributed by atoms with van der Waals surface area (Å²) < 4.78 is 15.8. The zero-order valence-electron chi connectivity index (χ0n) is 18.4. The van der Waals surface area contributed by atoms with E-state index in [1.54, 1.807) is 39.5 Å². The van der Waals surface area contributed by atoms with E-state index in [0.29, 0.717) is 43.2 Å². The van der Waals surface area contributed by atoms with Crippen LogP contribution in [0.3, 0.4) is 0 Å². The first kappa shape index (κ1) is 21.4. The van der Waals surface area contributed by atoms with Crippen LogP contribution >= 0.6 is 0 Å². The average Bonchev–Trinajstić information content (AvgIpc) is 2.88. The standard InChI is InChI=1S/C24H26N4O4/c1-30-19-6-4-5-17(15-19)20-8-10-23(26-25-20)27-11-13-28(14-12-27)24(29)18-7-9-21(31-2)22(16-18)32-3/h4-10,15-16H,11-14H2,1-3H3. The Morgan fingerprint density at radius 2 is 1.59 bits per heavy atom. The number of carbonyl (C=O) groups excluding carboxylic acids is 1. The van der Waals surface area contributed by atoms with Crippen molar-refractivity contribution in [1.29, 1.82) is 0 Å². The minimum Gasteiger partial charge on any atom is -0.497 e. The normalized spacial score (nSPS) is 13.6. The monoisotopic (exact) mass is 434 g/mol. The van der Waals surface area contributed by atoms with Crippen molar-refractivity contribution >= 4 is 11.7 Å². The van der Waals surface area contributed by atoms with Gasteiger partial charge >= 0.3 is 0 Å². The Hall–Kier alpha value is -3.81. The topological polar surface area (TPSA) is 77.0 Å². The third-order valence-corrected chi connectivity index (χ3v) is 5.54. The SMILES string of the molecule is COc1cccc(-c2ccc(N3CCN(C(=O)c4ccc(OC)c(OC)c4)CC3)nn2)c1. The summed E-state index contributed by atoms with van der Waals surface area (Å²) in [7, 11) is 4.78. The molecule has 8 nitrogen and oxygen atoms in total. The summed E-state index contributed by atoms with van der Waals surface area (Å²) in [6.45, 7) is 2.58. The number of rotatable bonds is 6. The van der Waals surface area contributed by atoms with Crippen molar-refractivity contribution in [3.63, 3.8) is 0 Å². The first-order valence-corrected chi connectivity index (χ1v) is 10.4. The van der Waals surface area contributed by atoms with Crippen molar-refractivity contribution in [3.8, 4) is 28.5 Å². The lowest BCUT2D eigenvalue weighted by molar-refractivity contribution is 0.0746. The van der Waals surface area contributed by atoms with Gasteiger partial charge in [0, 0.05) is 37.3 Å². The van der Waals surface area contributed by atoms with Crippen LogP contribution in [-0.2, 0) is 0 Å². The number of methoxy groups -OCH3 is 3. The first-order chi connectivity index (χ1) is 15.6. The van der Waals surface area contributed by atoms with Crippen molar-refractivity contribution in [2.24, 2.45) is 0 Å². The molecule has 0 saturated carbocycles. The van der Waals surface area contributed by atoms with Gasteiger partial charge < -0.3 is 24.0 Å². The molecule has 1 aliphatic heterocycles. The number of nitrogens with zero attached hydrogens (tertiary/aromatic N) is 4. The predicted molar refractivity (Wildman–Crippen MR) is 122 cm³/mol. The van der Waals surface area contributed by atoms with Gasteiger partial charge in [0.2, 0.25) is 0 Å². The second-order valence-electron chi connectivity index (χ2n) is 7.36. The lowest BCUT2D eigenvalue weighted by Crippen LogP contribution is -2.49. The first-order valence-electron chi connectivity index (χ1n) is 10.4. The van der Waals surface area contributed by atoms with Crippen LogP contribution in [0.4, 0.5) is 5.82 Å². The van der Waals surface area contributed by atoms with Gasteiger partial charge in [-0.25, -0.2) is 0 Å². The van der Waals surface area contributed by atoms with Gasteiger partial charge in [-0.05, 0) is 42.5 Å². The molecule has 1 amide bonds. The fraction of sp³-hybridized carbons (Fsp3) is 0.292. The minimum atomic E-state index is -0.0231. The second-order valence-corrected chi connectivity index (χ2v) is 7.36. The summed E-state index contributed by atoms with van der Waals surface area (Å²) in [5.41, 5.74) is 2.32. The third kappa shape index (κ3) is 4.44. The maximum atomic E-state index is 12.9. The average molecular weight is 434 g/mol. The molecule has 0 bridgehead atoms. The molecule has 8 heteroatoms. The van der Waals surface area contributed by atoms with E-state index < -0.39 is 0 Å². The van der Waals surface area contributed by atoms with Crippen LogP contribution in [0, 0.1) is 0 Å². The molecule has 1 aromatic heterocycles. The smallest absolute Gasteiger partial charge is 0.254 e. The largest absolute Gasteiger partial charge is 0.497 e. The molecule has 0 N–H and O–H groups in total. The highest BCUT2D eigenvalue weighted by Crippen LogP contribution is 2.28. The number of piperazine rings is 1. The molecule has 3 aromatic rings. The Labute approximate surface area is 187 Å². The van der Waals surface area contributed by atoms with Crippen molar-refractivity contribution in [2.45, 2.75) is 0 Å². The Kier molecular flexibility index (Phi) is 6.39. The highest BCUT2D eigenvalue weighted by Gasteiger charge is 2.24. The molecule has 0 atom stereocenters. The molecule has 166 valence electrons. The summed E-state index contributed by atoms with van der Waals surface area (Å²) >= 11 is 0. The van der Waals surface area contributed by atoms with Crippen LogP contribution in [-0.4, -0.2) is 68.5 Å². The lowest BCUT2D eigenvalue weighted by Gasteiger charge is -2.35. The fourth-order valence-corrected chi connectivity index (χ4v) is 3.72. The number of amides is 1. The Morgan fingerprint density at radius 1 is 0.812 bits per heavy atom. The van der Waals surface area contributed by atoms with Gasteiger partial charge in [0.1, 0.15) is 5.75 Å². The molecule has 1 fully saturated rings. The van der Waals surface area contributed by atoms with E-state index >= 15 is 0 Å². The maximum Gasteiger partial charge on any atom is 0.254 e. The molecule has 0 aliphatic carbocycles. The fourth-order valence-electron chi connectivity index (χ4n) is 3.72. The zero-order chi connectivity index (χ0) is 22.5. The number of aromatic nitrogens is 2. The Balaban J connectivity index is 1.39. The molecule has 0 spiro atoms. The van der Waals surface area contributed by atoms with Gasteiger partial charge in [-0.1, -0.05) is 12.1 Å². The molecule has 1 aliphatic rings. The summed E-state index contributed by atoms with van der Waals surface area (Å²) in [4.78, 5) is 16.9. The number of anilines is 1. The number of hydrogen-bond donors (Lipinski definition) is 0. The molecule has 0 radical (unpaired) electrons. The van der Waals surface area contributed by atoms with Gasteiger partial charge in [0.25, 0.3) is 5.91 Å². The van der Waals surface area contributed by atoms with Crippen LogP contribution in [0.5, 0.6) is 17.2 Å². The molecule has 2 aromatic carbocycles. The van der Waals surface area contributed by atoms with E-state index in [-0.39, 0.29) is 5.91 Å². The predicted octanol–water partition coefficient (Wildman–Crippen LogP) is 3.13. The van der Waals surface area contributed by atoms with E-state index in [1.807, 2.05) is 41.3 Å². The third-order valence-electron chi connectivity index (χ3n) is 5.54. The van der Waals surface area contributed by atoms with E-state index in [0.717, 1.165) is 22.8 Å². The molecular formula is C24H26N4O4. The summed E-state index contributed by atoms with van der Waals surface area (Å²) in [6.07, 6.45) is 0.